The number of rotatable bonds is 9. The van der Waals surface area contributed by atoms with Crippen molar-refractivity contribution in [2.75, 3.05) is 6.54 Å². The highest BCUT2D eigenvalue weighted by atomic mass is 16.7. The van der Waals surface area contributed by atoms with Crippen molar-refractivity contribution in [3.63, 3.8) is 0 Å². The van der Waals surface area contributed by atoms with Crippen molar-refractivity contribution in [2.45, 2.75) is 38.4 Å². The van der Waals surface area contributed by atoms with E-state index in [2.05, 4.69) is 5.32 Å². The molecule has 0 saturated carbocycles. The number of carbonyl (C=O) groups excluding carboxylic acids is 1. The third-order valence-corrected chi connectivity index (χ3v) is 2.42. The molecule has 0 aliphatic rings. The third-order valence-electron chi connectivity index (χ3n) is 2.42. The Kier molecular flexibility index (Phi) is 6.30. The van der Waals surface area contributed by atoms with Crippen LogP contribution in [0.25, 0.3) is 0 Å². The molecule has 1 amide bonds. The Morgan fingerprint density at radius 2 is 1.58 bits per heavy atom. The van der Waals surface area contributed by atoms with Crippen LogP contribution < -0.4 is 5.32 Å². The van der Waals surface area contributed by atoms with Crippen molar-refractivity contribution < 1.29 is 19.6 Å². The van der Waals surface area contributed by atoms with E-state index in [1.807, 2.05) is 6.92 Å². The first-order valence-electron chi connectivity index (χ1n) is 5.49. The van der Waals surface area contributed by atoms with Crippen molar-refractivity contribution in [2.24, 2.45) is 0 Å². The average molecular weight is 278 g/mol. The van der Waals surface area contributed by atoms with Gasteiger partial charge in [-0.2, -0.15) is 0 Å². The molecule has 0 aromatic carbocycles. The molecule has 0 aromatic heterocycles. The van der Waals surface area contributed by atoms with E-state index >= 15 is 0 Å². The molecule has 11 heteroatoms. The monoisotopic (exact) mass is 278 g/mol. The molecule has 0 radical (unpaired) electrons. The summed E-state index contributed by atoms with van der Waals surface area (Å²) in [5.41, 5.74) is 0. The Bertz CT molecular complexity index is 347. The molecule has 1 N–H and O–H groups in total. The molecule has 0 bridgehead atoms. The summed E-state index contributed by atoms with van der Waals surface area (Å²) < 4.78 is 0. The zero-order chi connectivity index (χ0) is 15.1. The topological polar surface area (TPSA) is 159 Å². The van der Waals surface area contributed by atoms with Crippen LogP contribution in [0.4, 0.5) is 0 Å². The van der Waals surface area contributed by atoms with Gasteiger partial charge in [-0.05, 0) is 6.42 Å². The van der Waals surface area contributed by atoms with Gasteiger partial charge < -0.3 is 5.32 Å². The fourth-order valence-electron chi connectivity index (χ4n) is 1.25. The summed E-state index contributed by atoms with van der Waals surface area (Å²) in [7, 11) is 0. The Morgan fingerprint density at radius 3 is 1.95 bits per heavy atom. The second-order valence-electron chi connectivity index (χ2n) is 3.75. The Balaban J connectivity index is 4.69. The first kappa shape index (κ1) is 16.7. The van der Waals surface area contributed by atoms with Crippen LogP contribution in [0.1, 0.15) is 32.6 Å². The summed E-state index contributed by atoms with van der Waals surface area (Å²) in [5, 5.41) is 34.1. The maximum Gasteiger partial charge on any atom is 0.700 e. The number of carbonyl (C=O) groups is 1. The second kappa shape index (κ2) is 7.18. The predicted molar refractivity (Wildman–Crippen MR) is 60.9 cm³/mol. The minimum absolute atomic E-state index is 0.317. The second-order valence-corrected chi connectivity index (χ2v) is 3.75. The minimum Gasteiger partial charge on any atom is -0.356 e. The number of hydrogen-bond acceptors (Lipinski definition) is 7. The number of unbranched alkanes of at least 4 members (excludes halogenated alkanes) is 1. The lowest BCUT2D eigenvalue weighted by atomic mass is 10.2. The van der Waals surface area contributed by atoms with Crippen LogP contribution >= 0.6 is 0 Å². The fraction of sp³-hybridized carbons (Fsp3) is 0.875. The van der Waals surface area contributed by atoms with Gasteiger partial charge in [0.15, 0.2) is 21.2 Å². The van der Waals surface area contributed by atoms with Crippen LogP contribution in [0, 0.1) is 30.3 Å². The van der Waals surface area contributed by atoms with Crippen LogP contribution in [-0.2, 0) is 4.79 Å². The van der Waals surface area contributed by atoms with Crippen molar-refractivity contribution in [1.29, 1.82) is 0 Å². The van der Waals surface area contributed by atoms with E-state index in [-0.39, 0.29) is 0 Å². The molecule has 108 valence electrons. The van der Waals surface area contributed by atoms with Gasteiger partial charge in [0, 0.05) is 13.0 Å². The number of nitrogens with one attached hydrogen (secondary N) is 1. The standard InChI is InChI=1S/C8H14N4O7/c1-2-3-6-9-7(13)4-5-8(10(14)15,11(16)17)12(18)19/h2-6H2,1H3,(H,9,13). The Hall–Kier alpha value is -2.33. The maximum atomic E-state index is 11.3. The van der Waals surface area contributed by atoms with E-state index in [4.69, 9.17) is 0 Å². The predicted octanol–water partition coefficient (Wildman–Crippen LogP) is 0.167. The van der Waals surface area contributed by atoms with Gasteiger partial charge in [-0.25, -0.2) is 0 Å². The molecule has 0 atom stereocenters. The summed E-state index contributed by atoms with van der Waals surface area (Å²) in [4.78, 5) is 38.2. The molecule has 11 nitrogen and oxygen atoms in total. The van der Waals surface area contributed by atoms with Crippen molar-refractivity contribution in [3.8, 4) is 0 Å². The van der Waals surface area contributed by atoms with Crippen molar-refractivity contribution >= 4 is 5.91 Å². The van der Waals surface area contributed by atoms with Gasteiger partial charge in [0.1, 0.15) is 0 Å². The number of nitrogens with zero attached hydrogens (tertiary/aromatic N) is 3. The largest absolute Gasteiger partial charge is 0.700 e. The lowest BCUT2D eigenvalue weighted by Crippen LogP contribution is -2.53. The molecule has 0 aliphatic heterocycles. The number of amides is 1. The van der Waals surface area contributed by atoms with Crippen LogP contribution in [-0.4, -0.2) is 33.0 Å². The van der Waals surface area contributed by atoms with Crippen LogP contribution in [0.15, 0.2) is 0 Å². The van der Waals surface area contributed by atoms with E-state index in [0.717, 1.165) is 6.42 Å². The van der Waals surface area contributed by atoms with E-state index in [0.29, 0.717) is 13.0 Å². The van der Waals surface area contributed by atoms with E-state index in [9.17, 15) is 35.1 Å². The highest BCUT2D eigenvalue weighted by Crippen LogP contribution is 2.19. The summed E-state index contributed by atoms with van der Waals surface area (Å²) >= 11 is 0. The highest BCUT2D eigenvalue weighted by molar-refractivity contribution is 5.75. The fourth-order valence-corrected chi connectivity index (χ4v) is 1.25. The summed E-state index contributed by atoms with van der Waals surface area (Å²) in [6.45, 7) is 2.20. The van der Waals surface area contributed by atoms with Gasteiger partial charge in [-0.15, -0.1) is 0 Å². The molecular weight excluding hydrogens is 264 g/mol. The van der Waals surface area contributed by atoms with Gasteiger partial charge in [-0.3, -0.25) is 35.1 Å². The molecule has 0 rings (SSSR count). The molecule has 0 unspecified atom stereocenters. The molecule has 0 spiro atoms. The Labute approximate surface area is 107 Å². The third kappa shape index (κ3) is 4.12. The molecule has 0 aromatic rings. The van der Waals surface area contributed by atoms with Crippen molar-refractivity contribution in [3.05, 3.63) is 30.3 Å². The molecule has 0 heterocycles. The number of nitro groups is 3. The van der Waals surface area contributed by atoms with Crippen molar-refractivity contribution in [1.82, 2.24) is 5.32 Å². The molecule has 0 saturated heterocycles. The molecule has 0 fully saturated rings. The van der Waals surface area contributed by atoms with E-state index < -0.39 is 39.3 Å². The SMILES string of the molecule is CCCCNC(=O)CCC([N+](=O)[O-])([N+](=O)[O-])[N+](=O)[O-]. The maximum absolute atomic E-state index is 11.3. The Morgan fingerprint density at radius 1 is 1.11 bits per heavy atom. The quantitative estimate of drug-likeness (QED) is 0.272. The van der Waals surface area contributed by atoms with Gasteiger partial charge in [0.2, 0.25) is 5.91 Å². The van der Waals surface area contributed by atoms with Gasteiger partial charge in [-0.1, -0.05) is 13.3 Å². The van der Waals surface area contributed by atoms with Gasteiger partial charge in [0.25, 0.3) is 0 Å². The molecule has 0 aliphatic carbocycles. The van der Waals surface area contributed by atoms with Crippen LogP contribution in [0.2, 0.25) is 0 Å². The van der Waals surface area contributed by atoms with Crippen LogP contribution in [0.3, 0.4) is 0 Å². The van der Waals surface area contributed by atoms with Crippen LogP contribution in [0.5, 0.6) is 0 Å². The van der Waals surface area contributed by atoms with E-state index in [1.54, 1.807) is 0 Å². The smallest absolute Gasteiger partial charge is 0.356 e. The van der Waals surface area contributed by atoms with Gasteiger partial charge in [0.05, 0.1) is 0 Å². The normalized spacial score (nSPS) is 10.8. The molecular formula is C8H14N4O7. The lowest BCUT2D eigenvalue weighted by molar-refractivity contribution is -0.970. The first-order valence-corrected chi connectivity index (χ1v) is 5.49. The number of hydrogen-bond donors (Lipinski definition) is 1. The highest BCUT2D eigenvalue weighted by Gasteiger charge is 2.69. The zero-order valence-corrected chi connectivity index (χ0v) is 10.2. The average Bonchev–Trinajstić information content (AvgIpc) is 2.28. The summed E-state index contributed by atoms with van der Waals surface area (Å²) in [6, 6.07) is 0. The lowest BCUT2D eigenvalue weighted by Gasteiger charge is -2.09. The summed E-state index contributed by atoms with van der Waals surface area (Å²) in [5.74, 6) is -4.26. The van der Waals surface area contributed by atoms with Gasteiger partial charge >= 0.3 is 5.79 Å². The van der Waals surface area contributed by atoms with E-state index in [1.165, 1.54) is 0 Å². The minimum atomic E-state index is -3.57. The zero-order valence-electron chi connectivity index (χ0n) is 10.2. The summed E-state index contributed by atoms with van der Waals surface area (Å²) in [6.07, 6.45) is -0.274. The first-order chi connectivity index (χ1) is 8.78. The molecule has 19 heavy (non-hydrogen) atoms.